The highest BCUT2D eigenvalue weighted by molar-refractivity contribution is 5.86. The fraction of sp³-hybridized carbons (Fsp3) is 0.533. The van der Waals surface area contributed by atoms with Gasteiger partial charge in [-0.2, -0.15) is 4.98 Å². The number of para-hydroxylation sites is 1. The molecule has 5 nitrogen and oxygen atoms in total. The molecule has 3 rings (SSSR count). The molecule has 1 aromatic heterocycles. The highest BCUT2D eigenvalue weighted by atomic mass is 16.4. The Morgan fingerprint density at radius 1 is 1.35 bits per heavy atom. The number of nitrogens with two attached hydrogens (primary N) is 1. The fourth-order valence-electron chi connectivity index (χ4n) is 2.77. The van der Waals surface area contributed by atoms with Crippen LogP contribution in [0.25, 0.3) is 11.1 Å². The van der Waals surface area contributed by atoms with Crippen LogP contribution in [0, 0.1) is 0 Å². The molecule has 5 heteroatoms. The molecule has 0 aliphatic carbocycles. The van der Waals surface area contributed by atoms with Crippen molar-refractivity contribution < 1.29 is 4.42 Å². The number of hydrogen-bond acceptors (Lipinski definition) is 5. The van der Waals surface area contributed by atoms with Crippen molar-refractivity contribution in [3.05, 3.63) is 18.2 Å². The number of nitrogens with one attached hydrogen (secondary N) is 1. The fourth-order valence-corrected chi connectivity index (χ4v) is 2.77. The molecule has 1 fully saturated rings. The average molecular weight is 274 g/mol. The second-order valence-corrected chi connectivity index (χ2v) is 5.54. The van der Waals surface area contributed by atoms with Gasteiger partial charge in [0.2, 0.25) is 0 Å². The van der Waals surface area contributed by atoms with Crippen molar-refractivity contribution in [2.24, 2.45) is 0 Å². The maximum absolute atomic E-state index is 5.88. The van der Waals surface area contributed by atoms with E-state index in [0.717, 1.165) is 17.6 Å². The molecule has 108 valence electrons. The van der Waals surface area contributed by atoms with E-state index in [2.05, 4.69) is 22.1 Å². The number of fused-ring (bicyclic) bond motifs is 1. The minimum atomic E-state index is 0.489. The standard InChI is InChI=1S/C15H22N4O/c1-11(19-8-3-2-4-9-19)10-17-15-18-14-12(16)6-5-7-13(14)20-15/h5-7,11H,2-4,8-10,16H2,1H3,(H,17,18). The Kier molecular flexibility index (Phi) is 3.78. The summed E-state index contributed by atoms with van der Waals surface area (Å²) in [4.78, 5) is 6.93. The Bertz CT molecular complexity index is 574. The van der Waals surface area contributed by atoms with Gasteiger partial charge in [-0.15, -0.1) is 0 Å². The number of piperidine rings is 1. The van der Waals surface area contributed by atoms with Gasteiger partial charge in [0.1, 0.15) is 5.52 Å². The molecule has 0 amide bonds. The molecule has 0 bridgehead atoms. The quantitative estimate of drug-likeness (QED) is 0.839. The van der Waals surface area contributed by atoms with Crippen molar-refractivity contribution in [2.75, 3.05) is 30.7 Å². The Morgan fingerprint density at radius 3 is 2.90 bits per heavy atom. The third-order valence-corrected chi connectivity index (χ3v) is 4.01. The monoisotopic (exact) mass is 274 g/mol. The van der Waals surface area contributed by atoms with Gasteiger partial charge in [-0.05, 0) is 45.0 Å². The highest BCUT2D eigenvalue weighted by Crippen LogP contribution is 2.23. The first-order valence-corrected chi connectivity index (χ1v) is 7.37. The Hall–Kier alpha value is -1.75. The van der Waals surface area contributed by atoms with E-state index in [9.17, 15) is 0 Å². The molecular formula is C15H22N4O. The summed E-state index contributed by atoms with van der Waals surface area (Å²) in [5.74, 6) is 0. The van der Waals surface area contributed by atoms with Crippen LogP contribution >= 0.6 is 0 Å². The van der Waals surface area contributed by atoms with E-state index in [1.165, 1.54) is 32.4 Å². The topological polar surface area (TPSA) is 67.3 Å². The number of likely N-dealkylation sites (tertiary alicyclic amines) is 1. The second-order valence-electron chi connectivity index (χ2n) is 5.54. The number of nitrogens with zero attached hydrogens (tertiary/aromatic N) is 2. The summed E-state index contributed by atoms with van der Waals surface area (Å²) in [5, 5.41) is 3.28. The maximum Gasteiger partial charge on any atom is 0.295 e. The van der Waals surface area contributed by atoms with Gasteiger partial charge in [-0.25, -0.2) is 0 Å². The number of benzene rings is 1. The third-order valence-electron chi connectivity index (χ3n) is 4.01. The molecule has 2 aromatic rings. The van der Waals surface area contributed by atoms with Crippen LogP contribution in [-0.4, -0.2) is 35.6 Å². The van der Waals surface area contributed by atoms with E-state index in [-0.39, 0.29) is 0 Å². The van der Waals surface area contributed by atoms with Crippen LogP contribution in [-0.2, 0) is 0 Å². The summed E-state index contributed by atoms with van der Waals surface area (Å²) in [6.45, 7) is 5.48. The number of oxazole rings is 1. The van der Waals surface area contributed by atoms with E-state index < -0.39 is 0 Å². The summed E-state index contributed by atoms with van der Waals surface area (Å²) in [6.07, 6.45) is 3.98. The van der Waals surface area contributed by atoms with E-state index >= 15 is 0 Å². The molecule has 0 radical (unpaired) electrons. The van der Waals surface area contributed by atoms with Gasteiger partial charge in [0.15, 0.2) is 5.58 Å². The third kappa shape index (κ3) is 2.72. The molecule has 0 saturated carbocycles. The van der Waals surface area contributed by atoms with Gasteiger partial charge >= 0.3 is 0 Å². The number of anilines is 2. The molecule has 20 heavy (non-hydrogen) atoms. The first-order chi connectivity index (χ1) is 9.74. The zero-order valence-electron chi connectivity index (χ0n) is 11.9. The van der Waals surface area contributed by atoms with E-state index in [1.807, 2.05) is 18.2 Å². The zero-order valence-corrected chi connectivity index (χ0v) is 11.9. The lowest BCUT2D eigenvalue weighted by molar-refractivity contribution is 0.180. The predicted molar refractivity (Wildman–Crippen MR) is 81.8 cm³/mol. The van der Waals surface area contributed by atoms with Crippen LogP contribution in [0.15, 0.2) is 22.6 Å². The smallest absolute Gasteiger partial charge is 0.295 e. The van der Waals surface area contributed by atoms with Gasteiger partial charge in [-0.3, -0.25) is 4.90 Å². The van der Waals surface area contributed by atoms with Gasteiger partial charge in [0, 0.05) is 12.6 Å². The molecule has 1 aromatic carbocycles. The molecule has 0 spiro atoms. The van der Waals surface area contributed by atoms with Gasteiger partial charge in [-0.1, -0.05) is 12.5 Å². The SMILES string of the molecule is CC(CNc1nc2c(N)cccc2o1)N1CCCCC1. The molecule has 2 heterocycles. The van der Waals surface area contributed by atoms with Crippen LogP contribution in [0.4, 0.5) is 11.7 Å². The van der Waals surface area contributed by atoms with Crippen molar-refractivity contribution in [1.29, 1.82) is 0 Å². The lowest BCUT2D eigenvalue weighted by Crippen LogP contribution is -2.41. The first kappa shape index (κ1) is 13.2. The van der Waals surface area contributed by atoms with Crippen LogP contribution in [0.3, 0.4) is 0 Å². The van der Waals surface area contributed by atoms with Crippen molar-refractivity contribution in [3.8, 4) is 0 Å². The predicted octanol–water partition coefficient (Wildman–Crippen LogP) is 2.70. The number of nitrogen functional groups attached to an aromatic ring is 1. The maximum atomic E-state index is 5.88. The summed E-state index contributed by atoms with van der Waals surface area (Å²) in [7, 11) is 0. The van der Waals surface area contributed by atoms with E-state index in [4.69, 9.17) is 10.2 Å². The van der Waals surface area contributed by atoms with Crippen LogP contribution < -0.4 is 11.1 Å². The molecule has 3 N–H and O–H groups in total. The van der Waals surface area contributed by atoms with Crippen molar-refractivity contribution in [2.45, 2.75) is 32.2 Å². The Balaban J connectivity index is 1.63. The van der Waals surface area contributed by atoms with Gasteiger partial charge < -0.3 is 15.5 Å². The second kappa shape index (κ2) is 5.71. The van der Waals surface area contributed by atoms with E-state index in [1.54, 1.807) is 0 Å². The lowest BCUT2D eigenvalue weighted by Gasteiger charge is -2.32. The molecule has 1 atom stereocenters. The summed E-state index contributed by atoms with van der Waals surface area (Å²) in [5.41, 5.74) is 8.01. The minimum Gasteiger partial charge on any atom is -0.423 e. The summed E-state index contributed by atoms with van der Waals surface area (Å²) < 4.78 is 5.67. The molecule has 1 aliphatic heterocycles. The normalized spacial score (nSPS) is 18.2. The molecular weight excluding hydrogens is 252 g/mol. The zero-order chi connectivity index (χ0) is 13.9. The highest BCUT2D eigenvalue weighted by Gasteiger charge is 2.17. The number of hydrogen-bond donors (Lipinski definition) is 2. The molecule has 1 aliphatic rings. The minimum absolute atomic E-state index is 0.489. The van der Waals surface area contributed by atoms with Crippen molar-refractivity contribution >= 4 is 22.8 Å². The van der Waals surface area contributed by atoms with E-state index in [0.29, 0.717) is 17.7 Å². The summed E-state index contributed by atoms with van der Waals surface area (Å²) in [6, 6.07) is 6.65. The molecule has 1 unspecified atom stereocenters. The lowest BCUT2D eigenvalue weighted by atomic mass is 10.1. The summed E-state index contributed by atoms with van der Waals surface area (Å²) >= 11 is 0. The Labute approximate surface area is 119 Å². The van der Waals surface area contributed by atoms with Crippen molar-refractivity contribution in [1.82, 2.24) is 9.88 Å². The first-order valence-electron chi connectivity index (χ1n) is 7.37. The van der Waals surface area contributed by atoms with Crippen LogP contribution in [0.1, 0.15) is 26.2 Å². The van der Waals surface area contributed by atoms with Crippen LogP contribution in [0.5, 0.6) is 0 Å². The van der Waals surface area contributed by atoms with Gasteiger partial charge in [0.05, 0.1) is 5.69 Å². The Morgan fingerprint density at radius 2 is 2.15 bits per heavy atom. The average Bonchev–Trinajstić information content (AvgIpc) is 2.90. The van der Waals surface area contributed by atoms with Crippen LogP contribution in [0.2, 0.25) is 0 Å². The number of aromatic nitrogens is 1. The largest absolute Gasteiger partial charge is 0.423 e. The van der Waals surface area contributed by atoms with Crippen molar-refractivity contribution in [3.63, 3.8) is 0 Å². The van der Waals surface area contributed by atoms with Gasteiger partial charge in [0.25, 0.3) is 6.01 Å². The number of rotatable bonds is 4. The molecule has 1 saturated heterocycles.